The van der Waals surface area contributed by atoms with Crippen LogP contribution in [0.4, 0.5) is 0 Å². The summed E-state index contributed by atoms with van der Waals surface area (Å²) in [6.07, 6.45) is 2.17. The van der Waals surface area contributed by atoms with E-state index in [9.17, 15) is 4.79 Å². The fraction of sp³-hybridized carbons (Fsp3) is 0.900. The lowest BCUT2D eigenvalue weighted by Crippen LogP contribution is -2.32. The van der Waals surface area contributed by atoms with Crippen molar-refractivity contribution in [2.75, 3.05) is 26.2 Å². The summed E-state index contributed by atoms with van der Waals surface area (Å²) in [6, 6.07) is 0. The molecule has 0 bridgehead atoms. The minimum atomic E-state index is -0.107. The van der Waals surface area contributed by atoms with Crippen LogP contribution in [0.1, 0.15) is 33.6 Å². The number of ether oxygens (including phenoxy) is 1. The summed E-state index contributed by atoms with van der Waals surface area (Å²) >= 11 is 0. The highest BCUT2D eigenvalue weighted by molar-refractivity contribution is 5.71. The van der Waals surface area contributed by atoms with Crippen LogP contribution in [0.15, 0.2) is 0 Å². The van der Waals surface area contributed by atoms with Crippen molar-refractivity contribution < 1.29 is 9.53 Å². The molecule has 13 heavy (non-hydrogen) atoms. The molecule has 0 atom stereocenters. The van der Waals surface area contributed by atoms with Crippen LogP contribution in [0.25, 0.3) is 0 Å². The van der Waals surface area contributed by atoms with Gasteiger partial charge in [0, 0.05) is 0 Å². The van der Waals surface area contributed by atoms with Gasteiger partial charge in [-0.15, -0.1) is 0 Å². The Morgan fingerprint density at radius 2 is 1.69 bits per heavy atom. The van der Waals surface area contributed by atoms with Crippen LogP contribution >= 0.6 is 0 Å². The Bertz CT molecular complexity index is 131. The monoisotopic (exact) mass is 187 g/mol. The zero-order valence-corrected chi connectivity index (χ0v) is 9.01. The Balaban J connectivity index is 3.71. The maximum Gasteiger partial charge on any atom is 0.320 e. The van der Waals surface area contributed by atoms with E-state index in [1.165, 1.54) is 0 Å². The summed E-state index contributed by atoms with van der Waals surface area (Å²) in [5.41, 5.74) is 0. The number of hydrogen-bond acceptors (Lipinski definition) is 3. The van der Waals surface area contributed by atoms with Gasteiger partial charge >= 0.3 is 5.97 Å². The van der Waals surface area contributed by atoms with Crippen LogP contribution in [0, 0.1) is 0 Å². The van der Waals surface area contributed by atoms with E-state index in [1.807, 2.05) is 6.92 Å². The van der Waals surface area contributed by atoms with Crippen LogP contribution in [0.3, 0.4) is 0 Å². The van der Waals surface area contributed by atoms with Crippen LogP contribution in [0.2, 0.25) is 0 Å². The van der Waals surface area contributed by atoms with E-state index in [1.54, 1.807) is 0 Å². The Kier molecular flexibility index (Phi) is 7.69. The van der Waals surface area contributed by atoms with Gasteiger partial charge in [-0.05, 0) is 32.9 Å². The molecule has 0 fully saturated rings. The van der Waals surface area contributed by atoms with Gasteiger partial charge in [0.25, 0.3) is 0 Å². The zero-order valence-electron chi connectivity index (χ0n) is 9.01. The first-order valence-corrected chi connectivity index (χ1v) is 5.12. The lowest BCUT2D eigenvalue weighted by molar-refractivity contribution is -0.144. The molecule has 3 nitrogen and oxygen atoms in total. The van der Waals surface area contributed by atoms with Gasteiger partial charge in [0.05, 0.1) is 13.2 Å². The molecule has 0 heterocycles. The van der Waals surface area contributed by atoms with Crippen LogP contribution in [0.5, 0.6) is 0 Å². The number of carbonyl (C=O) groups excluding carboxylic acids is 1. The van der Waals surface area contributed by atoms with Gasteiger partial charge in [0.15, 0.2) is 0 Å². The molecule has 0 unspecified atom stereocenters. The molecule has 0 amide bonds. The maximum atomic E-state index is 11.1. The second-order valence-corrected chi connectivity index (χ2v) is 3.08. The molecule has 3 heteroatoms. The first-order chi connectivity index (χ1) is 6.24. The molecule has 0 aromatic carbocycles. The number of hydrogen-bond donors (Lipinski definition) is 0. The molecule has 0 N–H and O–H groups in total. The van der Waals surface area contributed by atoms with Crippen LogP contribution in [-0.4, -0.2) is 37.1 Å². The van der Waals surface area contributed by atoms with Gasteiger partial charge in [0.1, 0.15) is 0 Å². The molecule has 0 aliphatic carbocycles. The van der Waals surface area contributed by atoms with Gasteiger partial charge < -0.3 is 4.74 Å². The summed E-state index contributed by atoms with van der Waals surface area (Å²) in [5, 5.41) is 0. The van der Waals surface area contributed by atoms with E-state index in [2.05, 4.69) is 18.7 Å². The third kappa shape index (κ3) is 6.58. The Hall–Kier alpha value is -0.570. The Labute approximate surface area is 81.1 Å². The lowest BCUT2D eigenvalue weighted by Gasteiger charge is -2.19. The quantitative estimate of drug-likeness (QED) is 0.568. The molecule has 0 saturated heterocycles. The summed E-state index contributed by atoms with van der Waals surface area (Å²) < 4.78 is 4.88. The van der Waals surface area contributed by atoms with Gasteiger partial charge in [0.2, 0.25) is 0 Å². The molecular formula is C10H21NO2. The molecular weight excluding hydrogens is 166 g/mol. The van der Waals surface area contributed by atoms with Crippen LogP contribution < -0.4 is 0 Å². The van der Waals surface area contributed by atoms with Crippen molar-refractivity contribution >= 4 is 5.97 Å². The van der Waals surface area contributed by atoms with Gasteiger partial charge in [-0.1, -0.05) is 13.8 Å². The smallest absolute Gasteiger partial charge is 0.320 e. The summed E-state index contributed by atoms with van der Waals surface area (Å²) in [6.45, 7) is 8.95. The van der Waals surface area contributed by atoms with Crippen LogP contribution in [-0.2, 0) is 9.53 Å². The molecule has 0 aliphatic heterocycles. The second-order valence-electron chi connectivity index (χ2n) is 3.08. The van der Waals surface area contributed by atoms with E-state index in [4.69, 9.17) is 4.74 Å². The first-order valence-electron chi connectivity index (χ1n) is 5.12. The number of nitrogens with zero attached hydrogens (tertiary/aromatic N) is 1. The SMILES string of the molecule is CCCN(CCC)CC(=O)OCC. The first kappa shape index (κ1) is 12.4. The third-order valence-electron chi connectivity index (χ3n) is 1.74. The average Bonchev–Trinajstić information content (AvgIpc) is 2.05. The lowest BCUT2D eigenvalue weighted by atomic mass is 10.3. The number of rotatable bonds is 7. The summed E-state index contributed by atoms with van der Waals surface area (Å²) in [4.78, 5) is 13.3. The summed E-state index contributed by atoms with van der Waals surface area (Å²) in [7, 11) is 0. The normalized spacial score (nSPS) is 10.5. The van der Waals surface area contributed by atoms with Gasteiger partial charge in [-0.3, -0.25) is 9.69 Å². The topological polar surface area (TPSA) is 29.5 Å². The largest absolute Gasteiger partial charge is 0.465 e. The van der Waals surface area contributed by atoms with E-state index in [-0.39, 0.29) is 5.97 Å². The molecule has 0 spiro atoms. The van der Waals surface area contributed by atoms with E-state index in [0.29, 0.717) is 13.2 Å². The molecule has 78 valence electrons. The summed E-state index contributed by atoms with van der Waals surface area (Å²) in [5.74, 6) is -0.107. The minimum Gasteiger partial charge on any atom is -0.465 e. The molecule has 0 rings (SSSR count). The van der Waals surface area contributed by atoms with Crippen molar-refractivity contribution in [1.82, 2.24) is 4.90 Å². The fourth-order valence-electron chi connectivity index (χ4n) is 1.29. The Morgan fingerprint density at radius 3 is 2.08 bits per heavy atom. The molecule has 0 saturated carbocycles. The number of esters is 1. The van der Waals surface area contributed by atoms with Gasteiger partial charge in [-0.2, -0.15) is 0 Å². The van der Waals surface area contributed by atoms with Crippen molar-refractivity contribution in [3.63, 3.8) is 0 Å². The molecule has 0 aromatic heterocycles. The van der Waals surface area contributed by atoms with E-state index in [0.717, 1.165) is 25.9 Å². The fourth-order valence-corrected chi connectivity index (χ4v) is 1.29. The molecule has 0 aliphatic rings. The van der Waals surface area contributed by atoms with E-state index < -0.39 is 0 Å². The van der Waals surface area contributed by atoms with Gasteiger partial charge in [-0.25, -0.2) is 0 Å². The standard InChI is InChI=1S/C10H21NO2/c1-4-7-11(8-5-2)9-10(12)13-6-3/h4-9H2,1-3H3. The van der Waals surface area contributed by atoms with Crippen molar-refractivity contribution in [3.05, 3.63) is 0 Å². The highest BCUT2D eigenvalue weighted by atomic mass is 16.5. The second kappa shape index (κ2) is 8.05. The van der Waals surface area contributed by atoms with Crippen molar-refractivity contribution in [1.29, 1.82) is 0 Å². The number of carbonyl (C=O) groups is 1. The highest BCUT2D eigenvalue weighted by Gasteiger charge is 2.08. The zero-order chi connectivity index (χ0) is 10.1. The van der Waals surface area contributed by atoms with Crippen molar-refractivity contribution in [3.8, 4) is 0 Å². The minimum absolute atomic E-state index is 0.107. The predicted molar refractivity (Wildman–Crippen MR) is 53.7 cm³/mol. The molecule has 0 radical (unpaired) electrons. The van der Waals surface area contributed by atoms with E-state index >= 15 is 0 Å². The van der Waals surface area contributed by atoms with Crippen molar-refractivity contribution in [2.45, 2.75) is 33.6 Å². The maximum absolute atomic E-state index is 11.1. The average molecular weight is 187 g/mol. The highest BCUT2D eigenvalue weighted by Crippen LogP contribution is 1.94. The molecule has 0 aromatic rings. The van der Waals surface area contributed by atoms with Crippen molar-refractivity contribution in [2.24, 2.45) is 0 Å². The third-order valence-corrected chi connectivity index (χ3v) is 1.74. The predicted octanol–water partition coefficient (Wildman–Crippen LogP) is 1.67. The Morgan fingerprint density at radius 1 is 1.15 bits per heavy atom.